The van der Waals surface area contributed by atoms with Crippen LogP contribution in [-0.4, -0.2) is 5.11 Å². The Labute approximate surface area is 125 Å². The maximum absolute atomic E-state index is 10.1. The highest BCUT2D eigenvalue weighted by atomic mass is 16.3. The van der Waals surface area contributed by atoms with Crippen LogP contribution in [0.1, 0.15) is 24.0 Å². The predicted molar refractivity (Wildman–Crippen MR) is 87.5 cm³/mol. The molecule has 0 aliphatic heterocycles. The van der Waals surface area contributed by atoms with Gasteiger partial charge < -0.3 is 5.11 Å². The zero-order valence-corrected chi connectivity index (χ0v) is 12.0. The predicted octanol–water partition coefficient (Wildman–Crippen LogP) is 5.21. The van der Waals surface area contributed by atoms with Crippen molar-refractivity contribution in [1.82, 2.24) is 0 Å². The van der Waals surface area contributed by atoms with Crippen molar-refractivity contribution in [3.05, 3.63) is 90.0 Å². The highest BCUT2D eigenvalue weighted by Crippen LogP contribution is 2.36. The Morgan fingerprint density at radius 3 is 1.95 bits per heavy atom. The van der Waals surface area contributed by atoms with Crippen molar-refractivity contribution in [3.63, 3.8) is 0 Å². The molecule has 0 saturated carbocycles. The minimum atomic E-state index is 0.280. The summed E-state index contributed by atoms with van der Waals surface area (Å²) >= 11 is 0. The molecule has 21 heavy (non-hydrogen) atoms. The largest absolute Gasteiger partial charge is 0.507 e. The molecule has 1 N–H and O–H groups in total. The molecule has 1 heteroatoms. The number of phenols is 1. The number of hydrogen-bond donors (Lipinski definition) is 1. The van der Waals surface area contributed by atoms with Crippen LogP contribution in [0.15, 0.2) is 78.9 Å². The van der Waals surface area contributed by atoms with Gasteiger partial charge in [0.2, 0.25) is 0 Å². The minimum absolute atomic E-state index is 0.280. The van der Waals surface area contributed by atoms with Gasteiger partial charge in [-0.25, -0.2) is 0 Å². The van der Waals surface area contributed by atoms with Gasteiger partial charge in [-0.2, -0.15) is 0 Å². The number of hydrogen-bond acceptors (Lipinski definition) is 1. The highest BCUT2D eigenvalue weighted by Gasteiger charge is 2.14. The normalized spacial score (nSPS) is 12.0. The zero-order valence-electron chi connectivity index (χ0n) is 12.0. The highest BCUT2D eigenvalue weighted by molar-refractivity contribution is 5.74. The molecule has 0 aliphatic carbocycles. The van der Waals surface area contributed by atoms with E-state index in [0.717, 1.165) is 11.1 Å². The minimum Gasteiger partial charge on any atom is -0.507 e. The van der Waals surface area contributed by atoms with Gasteiger partial charge in [0.05, 0.1) is 0 Å². The van der Waals surface area contributed by atoms with E-state index in [1.54, 1.807) is 6.07 Å². The number of aromatic hydroxyl groups is 1. The summed E-state index contributed by atoms with van der Waals surface area (Å²) in [5, 5.41) is 10.1. The Bertz CT molecular complexity index is 732. The molecule has 3 aromatic rings. The fourth-order valence-electron chi connectivity index (χ4n) is 2.74. The first-order chi connectivity index (χ1) is 10.3. The molecular formula is C20H18O. The maximum atomic E-state index is 10.1. The molecule has 0 bridgehead atoms. The van der Waals surface area contributed by atoms with Gasteiger partial charge in [-0.1, -0.05) is 79.7 Å². The molecule has 1 unspecified atom stereocenters. The van der Waals surface area contributed by atoms with Gasteiger partial charge in [0.25, 0.3) is 0 Å². The van der Waals surface area contributed by atoms with E-state index in [4.69, 9.17) is 0 Å². The van der Waals surface area contributed by atoms with E-state index < -0.39 is 0 Å². The molecule has 0 spiro atoms. The summed E-state index contributed by atoms with van der Waals surface area (Å²) in [6, 6.07) is 26.2. The molecule has 0 saturated heterocycles. The molecule has 0 aromatic heterocycles. The van der Waals surface area contributed by atoms with E-state index in [2.05, 4.69) is 49.4 Å². The van der Waals surface area contributed by atoms with Crippen molar-refractivity contribution in [2.24, 2.45) is 0 Å². The van der Waals surface area contributed by atoms with Gasteiger partial charge in [0, 0.05) is 11.5 Å². The number of para-hydroxylation sites is 1. The lowest BCUT2D eigenvalue weighted by molar-refractivity contribution is 0.477. The molecule has 0 radical (unpaired) electrons. The standard InChI is InChI=1S/C20H18O/c1-15(16-9-3-2-4-10-16)17-11-5-6-12-18(17)19-13-7-8-14-20(19)21/h2-15,21H,1H3. The van der Waals surface area contributed by atoms with Gasteiger partial charge in [0.1, 0.15) is 5.75 Å². The second-order valence-corrected chi connectivity index (χ2v) is 5.24. The van der Waals surface area contributed by atoms with Gasteiger partial charge in [0.15, 0.2) is 0 Å². The molecule has 1 atom stereocenters. The van der Waals surface area contributed by atoms with E-state index in [1.165, 1.54) is 11.1 Å². The van der Waals surface area contributed by atoms with Crippen LogP contribution in [0.3, 0.4) is 0 Å². The van der Waals surface area contributed by atoms with Crippen LogP contribution in [0, 0.1) is 0 Å². The molecule has 3 rings (SSSR count). The maximum Gasteiger partial charge on any atom is 0.123 e. The van der Waals surface area contributed by atoms with Crippen LogP contribution in [-0.2, 0) is 0 Å². The summed E-state index contributed by atoms with van der Waals surface area (Å²) in [6.45, 7) is 2.20. The Morgan fingerprint density at radius 1 is 0.667 bits per heavy atom. The molecule has 1 nitrogen and oxygen atoms in total. The fourth-order valence-corrected chi connectivity index (χ4v) is 2.74. The quantitative estimate of drug-likeness (QED) is 0.695. The second-order valence-electron chi connectivity index (χ2n) is 5.24. The average Bonchev–Trinajstić information content (AvgIpc) is 2.55. The Morgan fingerprint density at radius 2 is 1.24 bits per heavy atom. The Balaban J connectivity index is 2.11. The van der Waals surface area contributed by atoms with Crippen LogP contribution in [0.2, 0.25) is 0 Å². The third kappa shape index (κ3) is 2.68. The monoisotopic (exact) mass is 274 g/mol. The third-order valence-electron chi connectivity index (χ3n) is 3.92. The molecule has 0 amide bonds. The lowest BCUT2D eigenvalue weighted by atomic mass is 9.87. The number of benzene rings is 3. The average molecular weight is 274 g/mol. The summed E-state index contributed by atoms with van der Waals surface area (Å²) in [4.78, 5) is 0. The molecular weight excluding hydrogens is 256 g/mol. The second kappa shape index (κ2) is 5.84. The van der Waals surface area contributed by atoms with Crippen molar-refractivity contribution in [3.8, 4) is 16.9 Å². The van der Waals surface area contributed by atoms with E-state index in [9.17, 15) is 5.11 Å². The zero-order chi connectivity index (χ0) is 14.7. The molecule has 3 aromatic carbocycles. The summed E-state index contributed by atoms with van der Waals surface area (Å²) in [6.07, 6.45) is 0. The van der Waals surface area contributed by atoms with Crippen molar-refractivity contribution in [2.45, 2.75) is 12.8 Å². The van der Waals surface area contributed by atoms with Crippen LogP contribution in [0.4, 0.5) is 0 Å². The lowest BCUT2D eigenvalue weighted by Crippen LogP contribution is -1.98. The van der Waals surface area contributed by atoms with Crippen LogP contribution >= 0.6 is 0 Å². The fraction of sp³-hybridized carbons (Fsp3) is 0.100. The SMILES string of the molecule is CC(c1ccccc1)c1ccccc1-c1ccccc1O. The topological polar surface area (TPSA) is 20.2 Å². The van der Waals surface area contributed by atoms with E-state index >= 15 is 0 Å². The first-order valence-electron chi connectivity index (χ1n) is 7.19. The summed E-state index contributed by atoms with van der Waals surface area (Å²) in [5.41, 5.74) is 4.48. The number of phenolic OH excluding ortho intramolecular Hbond substituents is 1. The first-order valence-corrected chi connectivity index (χ1v) is 7.19. The van der Waals surface area contributed by atoms with E-state index in [0.29, 0.717) is 5.75 Å². The van der Waals surface area contributed by atoms with Gasteiger partial charge >= 0.3 is 0 Å². The van der Waals surface area contributed by atoms with E-state index in [-0.39, 0.29) is 5.92 Å². The smallest absolute Gasteiger partial charge is 0.123 e. The molecule has 104 valence electrons. The Kier molecular flexibility index (Phi) is 3.74. The van der Waals surface area contributed by atoms with Gasteiger partial charge in [-0.3, -0.25) is 0 Å². The Hall–Kier alpha value is -2.54. The summed E-state index contributed by atoms with van der Waals surface area (Å²) in [5.74, 6) is 0.604. The van der Waals surface area contributed by atoms with Crippen LogP contribution in [0.25, 0.3) is 11.1 Å². The third-order valence-corrected chi connectivity index (χ3v) is 3.92. The van der Waals surface area contributed by atoms with Gasteiger partial charge in [-0.05, 0) is 22.8 Å². The van der Waals surface area contributed by atoms with Crippen molar-refractivity contribution < 1.29 is 5.11 Å². The number of rotatable bonds is 3. The molecule has 0 fully saturated rings. The van der Waals surface area contributed by atoms with Crippen LogP contribution in [0.5, 0.6) is 5.75 Å². The van der Waals surface area contributed by atoms with Gasteiger partial charge in [-0.15, -0.1) is 0 Å². The summed E-state index contributed by atoms with van der Waals surface area (Å²) in [7, 11) is 0. The van der Waals surface area contributed by atoms with Crippen molar-refractivity contribution in [1.29, 1.82) is 0 Å². The van der Waals surface area contributed by atoms with Crippen molar-refractivity contribution in [2.75, 3.05) is 0 Å². The van der Waals surface area contributed by atoms with Crippen molar-refractivity contribution >= 4 is 0 Å². The van der Waals surface area contributed by atoms with Crippen LogP contribution < -0.4 is 0 Å². The summed E-state index contributed by atoms with van der Waals surface area (Å²) < 4.78 is 0. The lowest BCUT2D eigenvalue weighted by Gasteiger charge is -2.17. The molecule has 0 heterocycles. The molecule has 0 aliphatic rings. The first kappa shape index (κ1) is 13.4. The van der Waals surface area contributed by atoms with E-state index in [1.807, 2.05) is 30.3 Å².